The van der Waals surface area contributed by atoms with Crippen LogP contribution in [-0.2, 0) is 9.47 Å². The van der Waals surface area contributed by atoms with E-state index in [4.69, 9.17) is 18.9 Å². The zero-order valence-electron chi connectivity index (χ0n) is 25.1. The van der Waals surface area contributed by atoms with Crippen LogP contribution in [0.4, 0.5) is 28.1 Å². The number of ether oxygens (including phenoxy) is 2. The predicted octanol–water partition coefficient (Wildman–Crippen LogP) is 3.80. The molecule has 230 valence electrons. The van der Waals surface area contributed by atoms with Crippen molar-refractivity contribution in [3.05, 3.63) is 30.0 Å². The van der Waals surface area contributed by atoms with Crippen LogP contribution < -0.4 is 25.3 Å². The third-order valence-corrected chi connectivity index (χ3v) is 7.74. The normalized spacial score (nSPS) is 19.5. The second-order valence-electron chi connectivity index (χ2n) is 12.2. The molecule has 43 heavy (non-hydrogen) atoms. The number of carbonyl (C=O) groups excluding carboxylic acids is 2. The summed E-state index contributed by atoms with van der Waals surface area (Å²) in [6.45, 7) is 11.2. The molecule has 13 nitrogen and oxygen atoms in total. The summed E-state index contributed by atoms with van der Waals surface area (Å²) in [4.78, 5) is 46.3. The highest BCUT2D eigenvalue weighted by molar-refractivity contribution is 6.05. The van der Waals surface area contributed by atoms with Gasteiger partial charge in [0, 0.05) is 45.3 Å². The number of fused-ring (bicyclic) bond motifs is 1. The molecule has 3 fully saturated rings. The Labute approximate surface area is 250 Å². The lowest BCUT2D eigenvalue weighted by atomic mass is 10.1. The van der Waals surface area contributed by atoms with Gasteiger partial charge in [0.25, 0.3) is 11.9 Å². The largest absolute Gasteiger partial charge is 0.444 e. The van der Waals surface area contributed by atoms with E-state index in [1.165, 1.54) is 6.42 Å². The van der Waals surface area contributed by atoms with E-state index >= 15 is 0 Å². The van der Waals surface area contributed by atoms with E-state index in [1.807, 2.05) is 43.9 Å². The van der Waals surface area contributed by atoms with Gasteiger partial charge in [0.15, 0.2) is 11.4 Å². The van der Waals surface area contributed by atoms with E-state index in [2.05, 4.69) is 30.4 Å². The maximum atomic E-state index is 13.6. The second kappa shape index (κ2) is 12.2. The molecule has 2 N–H and O–H groups in total. The van der Waals surface area contributed by atoms with E-state index in [0.29, 0.717) is 74.0 Å². The Morgan fingerprint density at radius 3 is 2.51 bits per heavy atom. The number of rotatable bonds is 6. The van der Waals surface area contributed by atoms with Gasteiger partial charge in [0.2, 0.25) is 5.65 Å². The lowest BCUT2D eigenvalue weighted by Gasteiger charge is -2.29. The number of hydrogen-bond acceptors (Lipinski definition) is 11. The molecule has 0 radical (unpaired) electrons. The maximum Gasteiger partial charge on any atom is 0.407 e. The predicted molar refractivity (Wildman–Crippen MR) is 163 cm³/mol. The van der Waals surface area contributed by atoms with Gasteiger partial charge < -0.3 is 39.2 Å². The average Bonchev–Trinajstić information content (AvgIpc) is 3.63. The molecule has 6 heterocycles. The van der Waals surface area contributed by atoms with Gasteiger partial charge in [-0.05, 0) is 58.6 Å². The van der Waals surface area contributed by atoms with Gasteiger partial charge in [-0.2, -0.15) is 4.98 Å². The van der Waals surface area contributed by atoms with Gasteiger partial charge in [0.1, 0.15) is 17.1 Å². The fraction of sp³-hybridized carbons (Fsp3) is 0.567. The molecule has 2 amide bonds. The number of nitrogens with one attached hydrogen (secondary N) is 2. The lowest BCUT2D eigenvalue weighted by molar-refractivity contribution is 0.0509. The first-order valence-corrected chi connectivity index (χ1v) is 15.1. The Bertz CT molecular complexity index is 1460. The molecule has 3 aromatic rings. The number of piperidine rings is 1. The van der Waals surface area contributed by atoms with Crippen LogP contribution in [0.3, 0.4) is 0 Å². The van der Waals surface area contributed by atoms with Gasteiger partial charge in [-0.15, -0.1) is 0 Å². The van der Waals surface area contributed by atoms with Crippen LogP contribution in [-0.4, -0.2) is 91.1 Å². The summed E-state index contributed by atoms with van der Waals surface area (Å²) in [6.07, 6.45) is 3.63. The van der Waals surface area contributed by atoms with Crippen LogP contribution in [0.25, 0.3) is 11.2 Å². The number of pyridine rings is 2. The number of alkyl carbamates (subject to hydrolysis) is 1. The number of amides is 2. The van der Waals surface area contributed by atoms with Gasteiger partial charge >= 0.3 is 6.09 Å². The second-order valence-corrected chi connectivity index (χ2v) is 12.2. The first-order chi connectivity index (χ1) is 20.7. The summed E-state index contributed by atoms with van der Waals surface area (Å²) in [6, 6.07) is 7.66. The Morgan fingerprint density at radius 1 is 0.953 bits per heavy atom. The third kappa shape index (κ3) is 6.93. The van der Waals surface area contributed by atoms with E-state index in [9.17, 15) is 9.59 Å². The van der Waals surface area contributed by atoms with Crippen molar-refractivity contribution in [2.24, 2.45) is 0 Å². The molecule has 3 aliphatic heterocycles. The van der Waals surface area contributed by atoms with Gasteiger partial charge in [-0.3, -0.25) is 4.79 Å². The van der Waals surface area contributed by atoms with Crippen LogP contribution in [0.2, 0.25) is 0 Å². The molecule has 0 spiro atoms. The number of aromatic nitrogens is 3. The van der Waals surface area contributed by atoms with Crippen molar-refractivity contribution < 1.29 is 23.5 Å². The van der Waals surface area contributed by atoms with Crippen molar-refractivity contribution in [2.75, 3.05) is 72.5 Å². The average molecular weight is 593 g/mol. The number of anilines is 4. The monoisotopic (exact) mass is 592 g/mol. The summed E-state index contributed by atoms with van der Waals surface area (Å²) in [5.74, 6) is 1.03. The molecule has 6 rings (SSSR count). The lowest BCUT2D eigenvalue weighted by Crippen LogP contribution is -2.40. The minimum Gasteiger partial charge on any atom is -0.444 e. The fourth-order valence-electron chi connectivity index (χ4n) is 5.64. The van der Waals surface area contributed by atoms with Gasteiger partial charge in [0.05, 0.1) is 24.9 Å². The van der Waals surface area contributed by atoms with Gasteiger partial charge in [-0.1, -0.05) is 6.07 Å². The van der Waals surface area contributed by atoms with Crippen molar-refractivity contribution in [2.45, 2.75) is 58.1 Å². The summed E-state index contributed by atoms with van der Waals surface area (Å²) in [7, 11) is 0. The van der Waals surface area contributed by atoms with E-state index < -0.39 is 11.7 Å². The quantitative estimate of drug-likeness (QED) is 0.432. The Morgan fingerprint density at radius 2 is 1.74 bits per heavy atom. The Kier molecular flexibility index (Phi) is 8.24. The molecule has 0 unspecified atom stereocenters. The molecule has 13 heteroatoms. The van der Waals surface area contributed by atoms with Crippen LogP contribution in [0.5, 0.6) is 0 Å². The molecule has 3 aliphatic rings. The first kappa shape index (κ1) is 29.0. The zero-order chi connectivity index (χ0) is 30.0. The summed E-state index contributed by atoms with van der Waals surface area (Å²) >= 11 is 0. The number of oxazole rings is 1. The molecule has 3 saturated heterocycles. The van der Waals surface area contributed by atoms with E-state index in [1.54, 1.807) is 6.07 Å². The minimum absolute atomic E-state index is 0.0664. The number of carbonyl (C=O) groups is 2. The summed E-state index contributed by atoms with van der Waals surface area (Å²) in [5, 5.41) is 6.00. The highest BCUT2D eigenvalue weighted by Gasteiger charge is 2.28. The smallest absolute Gasteiger partial charge is 0.407 e. The molecular weight excluding hydrogens is 552 g/mol. The highest BCUT2D eigenvalue weighted by Crippen LogP contribution is 2.33. The summed E-state index contributed by atoms with van der Waals surface area (Å²) in [5.41, 5.74) is 1.33. The van der Waals surface area contributed by atoms with Crippen LogP contribution in [0.1, 0.15) is 56.9 Å². The van der Waals surface area contributed by atoms with Crippen LogP contribution >= 0.6 is 0 Å². The Balaban J connectivity index is 1.19. The highest BCUT2D eigenvalue weighted by atomic mass is 16.6. The fourth-order valence-corrected chi connectivity index (χ4v) is 5.64. The van der Waals surface area contributed by atoms with Crippen molar-refractivity contribution in [3.63, 3.8) is 0 Å². The molecule has 0 saturated carbocycles. The number of hydrogen-bond donors (Lipinski definition) is 2. The molecule has 0 aliphatic carbocycles. The molecule has 1 atom stereocenters. The third-order valence-electron chi connectivity index (χ3n) is 7.74. The standard InChI is InChI=1S/C30H40N8O5/c1-30(2,3)43-29(40)31-20-10-13-38(19-20)24-9-7-8-21(32-24)27(39)33-22-18-23-25(34-26(22)36-11-5-4-6-12-36)35-28(42-23)37-14-16-41-17-15-37/h7-9,18,20H,4-6,10-17,19H2,1-3H3,(H,31,40)(H,33,39)/t20-/m0/s1. The molecular formula is C30H40N8O5. The van der Waals surface area contributed by atoms with E-state index in [-0.39, 0.29) is 17.6 Å². The first-order valence-electron chi connectivity index (χ1n) is 15.1. The van der Waals surface area contributed by atoms with Gasteiger partial charge in [-0.25, -0.2) is 14.8 Å². The minimum atomic E-state index is -0.558. The Hall–Kier alpha value is -4.13. The number of morpholine rings is 1. The molecule has 0 bridgehead atoms. The SMILES string of the molecule is CC(C)(C)OC(=O)N[C@H]1CCN(c2cccc(C(=O)Nc3cc4oc(N5CCOCC5)nc4nc3N3CCCCC3)n2)C1. The van der Waals surface area contributed by atoms with Crippen molar-refractivity contribution in [3.8, 4) is 0 Å². The van der Waals surface area contributed by atoms with Crippen molar-refractivity contribution >= 4 is 46.6 Å². The van der Waals surface area contributed by atoms with Crippen molar-refractivity contribution in [1.29, 1.82) is 0 Å². The zero-order valence-corrected chi connectivity index (χ0v) is 25.1. The molecule has 0 aromatic carbocycles. The van der Waals surface area contributed by atoms with Crippen molar-refractivity contribution in [1.82, 2.24) is 20.3 Å². The topological polar surface area (TPSA) is 138 Å². The molecule has 3 aromatic heterocycles. The number of nitrogens with zero attached hydrogens (tertiary/aromatic N) is 6. The van der Waals surface area contributed by atoms with E-state index in [0.717, 1.165) is 32.4 Å². The maximum absolute atomic E-state index is 13.6. The van der Waals surface area contributed by atoms with Crippen LogP contribution in [0.15, 0.2) is 28.7 Å². The summed E-state index contributed by atoms with van der Waals surface area (Å²) < 4.78 is 17.0. The van der Waals surface area contributed by atoms with Crippen LogP contribution in [0, 0.1) is 0 Å².